The molecule has 0 saturated carbocycles. The highest BCUT2D eigenvalue weighted by Crippen LogP contribution is 2.32. The van der Waals surface area contributed by atoms with E-state index in [2.05, 4.69) is 38.9 Å². The molecular formula is C21H24N4O3. The van der Waals surface area contributed by atoms with E-state index in [1.807, 2.05) is 11.0 Å². The lowest BCUT2D eigenvalue weighted by molar-refractivity contribution is 0.173. The Morgan fingerprint density at radius 2 is 2.07 bits per heavy atom. The van der Waals surface area contributed by atoms with Crippen LogP contribution in [0.2, 0.25) is 0 Å². The fourth-order valence-corrected chi connectivity index (χ4v) is 4.26. The molecule has 0 aliphatic carbocycles. The molecule has 28 heavy (non-hydrogen) atoms. The van der Waals surface area contributed by atoms with Gasteiger partial charge in [0.05, 0.1) is 18.2 Å². The fraction of sp³-hybridized carbons (Fsp3) is 0.429. The quantitative estimate of drug-likeness (QED) is 0.754. The van der Waals surface area contributed by atoms with E-state index < -0.39 is 0 Å². The zero-order valence-corrected chi connectivity index (χ0v) is 15.7. The molecule has 2 fully saturated rings. The number of aromatic amines is 1. The van der Waals surface area contributed by atoms with Gasteiger partial charge in [-0.05, 0) is 24.6 Å². The standard InChI is InChI=1S/C21H24N4O3/c26-21-20(22-8-9-23-21)24-10-4-16(5-11-24)28-19-3-1-2-18-17(19)6-12-25(18)15-7-13-27-14-15/h1-3,6,8-9,12,15-16H,4-5,7,10-11,13-14H2,(H,23,26). The number of aromatic nitrogens is 3. The Hall–Kier alpha value is -2.80. The predicted octanol–water partition coefficient (Wildman–Crippen LogP) is 2.73. The topological polar surface area (TPSA) is 72.4 Å². The molecule has 4 heterocycles. The van der Waals surface area contributed by atoms with Crippen LogP contribution in [-0.4, -0.2) is 46.9 Å². The normalized spacial score (nSPS) is 20.7. The third kappa shape index (κ3) is 3.16. The molecular weight excluding hydrogens is 356 g/mol. The molecule has 1 unspecified atom stereocenters. The minimum Gasteiger partial charge on any atom is -0.490 e. The average Bonchev–Trinajstić information content (AvgIpc) is 3.39. The van der Waals surface area contributed by atoms with E-state index in [-0.39, 0.29) is 11.7 Å². The third-order valence-electron chi connectivity index (χ3n) is 5.75. The van der Waals surface area contributed by atoms with Crippen molar-refractivity contribution in [1.29, 1.82) is 0 Å². The summed E-state index contributed by atoms with van der Waals surface area (Å²) in [6.07, 6.45) is 8.26. The molecule has 0 spiro atoms. The molecule has 1 atom stereocenters. The Morgan fingerprint density at radius 3 is 2.86 bits per heavy atom. The SMILES string of the molecule is O=c1[nH]ccnc1N1CCC(Oc2cccc3c2ccn3C2CCOC2)CC1. The van der Waals surface area contributed by atoms with Gasteiger partial charge >= 0.3 is 0 Å². The summed E-state index contributed by atoms with van der Waals surface area (Å²) < 4.78 is 14.2. The maximum absolute atomic E-state index is 11.9. The fourth-order valence-electron chi connectivity index (χ4n) is 4.26. The van der Waals surface area contributed by atoms with Crippen molar-refractivity contribution in [3.8, 4) is 5.75 Å². The zero-order chi connectivity index (χ0) is 18.9. The van der Waals surface area contributed by atoms with Crippen LogP contribution in [0.25, 0.3) is 10.9 Å². The molecule has 0 radical (unpaired) electrons. The summed E-state index contributed by atoms with van der Waals surface area (Å²) in [4.78, 5) is 20.9. The highest BCUT2D eigenvalue weighted by Gasteiger charge is 2.24. The van der Waals surface area contributed by atoms with Crippen LogP contribution in [0, 0.1) is 0 Å². The van der Waals surface area contributed by atoms with Gasteiger partial charge in [0.2, 0.25) is 0 Å². The molecule has 7 nitrogen and oxygen atoms in total. The monoisotopic (exact) mass is 380 g/mol. The number of H-pyrrole nitrogens is 1. The van der Waals surface area contributed by atoms with Crippen molar-refractivity contribution in [1.82, 2.24) is 14.5 Å². The predicted molar refractivity (Wildman–Crippen MR) is 107 cm³/mol. The second-order valence-corrected chi connectivity index (χ2v) is 7.48. The summed E-state index contributed by atoms with van der Waals surface area (Å²) in [5.41, 5.74) is 1.06. The van der Waals surface area contributed by atoms with Crippen molar-refractivity contribution in [2.45, 2.75) is 31.4 Å². The largest absolute Gasteiger partial charge is 0.490 e. The van der Waals surface area contributed by atoms with Gasteiger partial charge in [-0.2, -0.15) is 0 Å². The van der Waals surface area contributed by atoms with Crippen LogP contribution in [0.5, 0.6) is 5.75 Å². The molecule has 0 amide bonds. The molecule has 5 rings (SSSR count). The van der Waals surface area contributed by atoms with E-state index in [0.29, 0.717) is 11.9 Å². The van der Waals surface area contributed by atoms with Crippen molar-refractivity contribution >= 4 is 16.7 Å². The second-order valence-electron chi connectivity index (χ2n) is 7.48. The number of nitrogens with one attached hydrogen (secondary N) is 1. The first-order valence-corrected chi connectivity index (χ1v) is 9.92. The van der Waals surface area contributed by atoms with E-state index in [1.165, 1.54) is 5.52 Å². The number of piperidine rings is 1. The number of hydrogen-bond donors (Lipinski definition) is 1. The van der Waals surface area contributed by atoms with Crippen molar-refractivity contribution in [2.75, 3.05) is 31.2 Å². The number of ether oxygens (including phenoxy) is 2. The van der Waals surface area contributed by atoms with Gasteiger partial charge in [-0.25, -0.2) is 4.98 Å². The Morgan fingerprint density at radius 1 is 1.18 bits per heavy atom. The van der Waals surface area contributed by atoms with E-state index >= 15 is 0 Å². The molecule has 0 bridgehead atoms. The maximum Gasteiger partial charge on any atom is 0.290 e. The highest BCUT2D eigenvalue weighted by atomic mass is 16.5. The summed E-state index contributed by atoms with van der Waals surface area (Å²) >= 11 is 0. The van der Waals surface area contributed by atoms with Crippen molar-refractivity contribution in [3.63, 3.8) is 0 Å². The summed E-state index contributed by atoms with van der Waals surface area (Å²) in [5.74, 6) is 1.43. The molecule has 2 aliphatic heterocycles. The molecule has 3 aromatic rings. The first-order valence-electron chi connectivity index (χ1n) is 9.92. The van der Waals surface area contributed by atoms with Gasteiger partial charge in [-0.15, -0.1) is 0 Å². The van der Waals surface area contributed by atoms with Crippen molar-refractivity contribution in [2.24, 2.45) is 0 Å². The van der Waals surface area contributed by atoms with Crippen LogP contribution in [0.3, 0.4) is 0 Å². The molecule has 146 valence electrons. The van der Waals surface area contributed by atoms with Gasteiger partial charge in [0.15, 0.2) is 5.82 Å². The summed E-state index contributed by atoms with van der Waals surface area (Å²) in [6, 6.07) is 8.81. The maximum atomic E-state index is 11.9. The first kappa shape index (κ1) is 17.3. The molecule has 1 N–H and O–H groups in total. The molecule has 2 aromatic heterocycles. The van der Waals surface area contributed by atoms with Crippen LogP contribution < -0.4 is 15.2 Å². The van der Waals surface area contributed by atoms with Gasteiger partial charge in [-0.3, -0.25) is 4.79 Å². The van der Waals surface area contributed by atoms with E-state index in [0.717, 1.165) is 56.7 Å². The van der Waals surface area contributed by atoms with Crippen LogP contribution >= 0.6 is 0 Å². The molecule has 7 heteroatoms. The average molecular weight is 380 g/mol. The molecule has 2 aliphatic rings. The number of fused-ring (bicyclic) bond motifs is 1. The van der Waals surface area contributed by atoms with Crippen LogP contribution in [-0.2, 0) is 4.74 Å². The smallest absolute Gasteiger partial charge is 0.290 e. The summed E-state index contributed by atoms with van der Waals surface area (Å²) in [6.45, 7) is 3.14. The molecule has 2 saturated heterocycles. The van der Waals surface area contributed by atoms with Crippen LogP contribution in [0.1, 0.15) is 25.3 Å². The number of benzene rings is 1. The van der Waals surface area contributed by atoms with Crippen LogP contribution in [0.4, 0.5) is 5.82 Å². The minimum absolute atomic E-state index is 0.135. The van der Waals surface area contributed by atoms with Crippen LogP contribution in [0.15, 0.2) is 47.7 Å². The summed E-state index contributed by atoms with van der Waals surface area (Å²) in [5, 5.41) is 1.15. The number of rotatable bonds is 4. The van der Waals surface area contributed by atoms with E-state index in [4.69, 9.17) is 9.47 Å². The minimum atomic E-state index is -0.135. The number of nitrogens with zero attached hydrogens (tertiary/aromatic N) is 3. The summed E-state index contributed by atoms with van der Waals surface area (Å²) in [7, 11) is 0. The van der Waals surface area contributed by atoms with Gasteiger partial charge in [0.1, 0.15) is 11.9 Å². The van der Waals surface area contributed by atoms with Crippen molar-refractivity contribution < 1.29 is 9.47 Å². The Kier molecular flexibility index (Phi) is 4.52. The number of anilines is 1. The van der Waals surface area contributed by atoms with Crippen molar-refractivity contribution in [3.05, 3.63) is 53.2 Å². The second kappa shape index (κ2) is 7.31. The lowest BCUT2D eigenvalue weighted by Crippen LogP contribution is -2.41. The van der Waals surface area contributed by atoms with Gasteiger partial charge in [0, 0.05) is 56.5 Å². The van der Waals surface area contributed by atoms with Gasteiger partial charge in [-0.1, -0.05) is 6.07 Å². The van der Waals surface area contributed by atoms with Gasteiger partial charge < -0.3 is 23.9 Å². The zero-order valence-electron chi connectivity index (χ0n) is 15.7. The number of hydrogen-bond acceptors (Lipinski definition) is 5. The van der Waals surface area contributed by atoms with E-state index in [1.54, 1.807) is 12.4 Å². The highest BCUT2D eigenvalue weighted by molar-refractivity contribution is 5.86. The van der Waals surface area contributed by atoms with E-state index in [9.17, 15) is 4.79 Å². The lowest BCUT2D eigenvalue weighted by atomic mass is 10.1. The Labute approximate surface area is 162 Å². The molecule has 1 aromatic carbocycles. The first-order chi connectivity index (χ1) is 13.8. The Bertz CT molecular complexity index is 1010. The van der Waals surface area contributed by atoms with Gasteiger partial charge in [0.25, 0.3) is 5.56 Å². The lowest BCUT2D eigenvalue weighted by Gasteiger charge is -2.32. The Balaban J connectivity index is 1.30. The third-order valence-corrected chi connectivity index (χ3v) is 5.75.